The van der Waals surface area contributed by atoms with E-state index in [1.54, 1.807) is 0 Å². The van der Waals surface area contributed by atoms with Crippen molar-refractivity contribution in [2.75, 3.05) is 19.7 Å². The second-order valence-corrected chi connectivity index (χ2v) is 6.89. The average Bonchev–Trinajstić information content (AvgIpc) is 2.61. The molecule has 0 aromatic rings. The van der Waals surface area contributed by atoms with E-state index in [2.05, 4.69) is 17.2 Å². The summed E-state index contributed by atoms with van der Waals surface area (Å²) in [7, 11) is 0. The van der Waals surface area contributed by atoms with Crippen LogP contribution in [0.1, 0.15) is 90.9 Å². The van der Waals surface area contributed by atoms with Crippen LogP contribution in [0, 0.1) is 0 Å². The highest BCUT2D eigenvalue weighted by atomic mass is 16.5. The monoisotopic (exact) mass is 370 g/mol. The minimum atomic E-state index is -0.261. The number of nitrogens with one attached hydrogen (secondary N) is 1. The van der Waals surface area contributed by atoms with Crippen LogP contribution in [0.5, 0.6) is 0 Å². The molecule has 0 fully saturated rings. The molecule has 0 aromatic carbocycles. The van der Waals surface area contributed by atoms with Crippen LogP contribution in [0.2, 0.25) is 0 Å². The van der Waals surface area contributed by atoms with E-state index in [1.165, 1.54) is 57.8 Å². The summed E-state index contributed by atoms with van der Waals surface area (Å²) in [6.45, 7) is 5.88. The van der Waals surface area contributed by atoms with Gasteiger partial charge in [0.25, 0.3) is 0 Å². The van der Waals surface area contributed by atoms with Crippen molar-refractivity contribution in [1.82, 2.24) is 5.32 Å². The number of hydrogen-bond acceptors (Lipinski definition) is 4. The number of carbonyl (C=O) groups excluding carboxylic acids is 1. The highest BCUT2D eigenvalue weighted by Crippen LogP contribution is 2.10. The molecule has 0 unspecified atom stereocenters. The van der Waals surface area contributed by atoms with E-state index in [0.717, 1.165) is 19.4 Å². The number of nitrogens with two attached hydrogens (primary N) is 2. The SMILES string of the molecule is CCCCCCCCCCCCN[C@@H](CCCN=C(N)N)C(=O)OCC. The molecular formula is C20H42N4O2. The Kier molecular flexibility index (Phi) is 17.6. The lowest BCUT2D eigenvalue weighted by molar-refractivity contribution is -0.145. The molecule has 0 rings (SSSR count). The van der Waals surface area contributed by atoms with Gasteiger partial charge in [0.2, 0.25) is 0 Å². The molecule has 0 heterocycles. The first-order valence-electron chi connectivity index (χ1n) is 10.6. The zero-order valence-electron chi connectivity index (χ0n) is 17.1. The molecule has 0 spiro atoms. The molecule has 0 aliphatic heterocycles. The lowest BCUT2D eigenvalue weighted by Gasteiger charge is -2.17. The number of unbranched alkanes of at least 4 members (excludes halogenated alkanes) is 9. The Morgan fingerprint density at radius 1 is 0.923 bits per heavy atom. The van der Waals surface area contributed by atoms with E-state index in [4.69, 9.17) is 16.2 Å². The molecule has 6 nitrogen and oxygen atoms in total. The van der Waals surface area contributed by atoms with Gasteiger partial charge in [-0.15, -0.1) is 0 Å². The Hall–Kier alpha value is -1.30. The van der Waals surface area contributed by atoms with Gasteiger partial charge in [-0.05, 0) is 32.7 Å². The molecule has 0 aliphatic rings. The molecule has 26 heavy (non-hydrogen) atoms. The highest BCUT2D eigenvalue weighted by molar-refractivity contribution is 5.76. The number of hydrogen-bond donors (Lipinski definition) is 3. The molecule has 1 atom stereocenters. The molecule has 0 aromatic heterocycles. The molecule has 6 heteroatoms. The fourth-order valence-electron chi connectivity index (χ4n) is 2.94. The smallest absolute Gasteiger partial charge is 0.323 e. The topological polar surface area (TPSA) is 103 Å². The average molecular weight is 371 g/mol. The van der Waals surface area contributed by atoms with E-state index in [1.807, 2.05) is 6.92 Å². The number of nitrogens with zero attached hydrogens (tertiary/aromatic N) is 1. The number of aliphatic imine (C=N–C) groups is 1. The molecule has 0 amide bonds. The Labute approximate surface area is 160 Å². The highest BCUT2D eigenvalue weighted by Gasteiger charge is 2.18. The molecule has 0 bridgehead atoms. The number of guanidine groups is 1. The van der Waals surface area contributed by atoms with Gasteiger partial charge in [0.15, 0.2) is 5.96 Å². The Morgan fingerprint density at radius 2 is 1.50 bits per heavy atom. The third kappa shape index (κ3) is 16.2. The van der Waals surface area contributed by atoms with Gasteiger partial charge in [-0.2, -0.15) is 0 Å². The standard InChI is InChI=1S/C20H42N4O2/c1-3-5-6-7-8-9-10-11-12-13-16-23-18(19(25)26-4-2)15-14-17-24-20(21)22/h18,23H,3-17H2,1-2H3,(H4,21,22,24)/t18-/m0/s1. The lowest BCUT2D eigenvalue weighted by Crippen LogP contribution is -2.38. The third-order valence-electron chi connectivity index (χ3n) is 4.44. The number of carbonyl (C=O) groups is 1. The fourth-order valence-corrected chi connectivity index (χ4v) is 2.94. The molecule has 0 saturated carbocycles. The normalized spacial score (nSPS) is 11.9. The van der Waals surface area contributed by atoms with Crippen molar-refractivity contribution in [3.05, 3.63) is 0 Å². The summed E-state index contributed by atoms with van der Waals surface area (Å²) < 4.78 is 5.15. The van der Waals surface area contributed by atoms with E-state index >= 15 is 0 Å². The number of ether oxygens (including phenoxy) is 1. The van der Waals surface area contributed by atoms with Crippen molar-refractivity contribution < 1.29 is 9.53 Å². The first kappa shape index (κ1) is 24.7. The van der Waals surface area contributed by atoms with Gasteiger partial charge in [0, 0.05) is 6.54 Å². The summed E-state index contributed by atoms with van der Waals surface area (Å²) in [6, 6.07) is -0.261. The summed E-state index contributed by atoms with van der Waals surface area (Å²) in [5, 5.41) is 3.33. The van der Waals surface area contributed by atoms with E-state index in [9.17, 15) is 4.79 Å². The van der Waals surface area contributed by atoms with Gasteiger partial charge in [-0.1, -0.05) is 64.7 Å². The summed E-state index contributed by atoms with van der Waals surface area (Å²) in [4.78, 5) is 16.0. The molecule has 5 N–H and O–H groups in total. The minimum Gasteiger partial charge on any atom is -0.465 e. The van der Waals surface area contributed by atoms with E-state index in [0.29, 0.717) is 19.6 Å². The van der Waals surface area contributed by atoms with Crippen LogP contribution >= 0.6 is 0 Å². The van der Waals surface area contributed by atoms with Crippen LogP contribution in [-0.4, -0.2) is 37.7 Å². The van der Waals surface area contributed by atoms with E-state index < -0.39 is 0 Å². The molecule has 0 radical (unpaired) electrons. The largest absolute Gasteiger partial charge is 0.465 e. The Morgan fingerprint density at radius 3 is 2.04 bits per heavy atom. The molecule has 0 aliphatic carbocycles. The second kappa shape index (κ2) is 18.5. The fraction of sp³-hybridized carbons (Fsp3) is 0.900. The quantitative estimate of drug-likeness (QED) is 0.148. The van der Waals surface area contributed by atoms with Gasteiger partial charge in [-0.3, -0.25) is 9.79 Å². The first-order chi connectivity index (χ1) is 12.6. The summed E-state index contributed by atoms with van der Waals surface area (Å²) in [5.41, 5.74) is 10.6. The lowest BCUT2D eigenvalue weighted by atomic mass is 10.1. The minimum absolute atomic E-state index is 0.0935. The van der Waals surface area contributed by atoms with Crippen LogP contribution in [0.3, 0.4) is 0 Å². The number of esters is 1. The maximum atomic E-state index is 12.0. The van der Waals surface area contributed by atoms with Crippen molar-refractivity contribution in [2.24, 2.45) is 16.5 Å². The third-order valence-corrected chi connectivity index (χ3v) is 4.44. The molecule has 154 valence electrons. The summed E-state index contributed by atoms with van der Waals surface area (Å²) >= 11 is 0. The predicted molar refractivity (Wildman–Crippen MR) is 110 cm³/mol. The van der Waals surface area contributed by atoms with Gasteiger partial charge in [-0.25, -0.2) is 0 Å². The predicted octanol–water partition coefficient (Wildman–Crippen LogP) is 3.48. The zero-order chi connectivity index (χ0) is 19.5. The van der Waals surface area contributed by atoms with Crippen LogP contribution in [0.25, 0.3) is 0 Å². The second-order valence-electron chi connectivity index (χ2n) is 6.89. The number of rotatable bonds is 18. The maximum Gasteiger partial charge on any atom is 0.323 e. The zero-order valence-corrected chi connectivity index (χ0v) is 17.1. The van der Waals surface area contributed by atoms with Crippen molar-refractivity contribution in [1.29, 1.82) is 0 Å². The van der Waals surface area contributed by atoms with Crippen LogP contribution in [-0.2, 0) is 9.53 Å². The first-order valence-corrected chi connectivity index (χ1v) is 10.6. The van der Waals surface area contributed by atoms with Gasteiger partial charge < -0.3 is 21.5 Å². The summed E-state index contributed by atoms with van der Waals surface area (Å²) in [5.74, 6) is -0.0831. The van der Waals surface area contributed by atoms with Gasteiger partial charge in [0.05, 0.1) is 6.61 Å². The Balaban J connectivity index is 3.75. The molecular weight excluding hydrogens is 328 g/mol. The van der Waals surface area contributed by atoms with Crippen molar-refractivity contribution >= 4 is 11.9 Å². The van der Waals surface area contributed by atoms with Gasteiger partial charge >= 0.3 is 5.97 Å². The van der Waals surface area contributed by atoms with Crippen LogP contribution < -0.4 is 16.8 Å². The van der Waals surface area contributed by atoms with Crippen LogP contribution in [0.15, 0.2) is 4.99 Å². The van der Waals surface area contributed by atoms with Crippen LogP contribution in [0.4, 0.5) is 0 Å². The summed E-state index contributed by atoms with van der Waals surface area (Å²) in [6.07, 6.45) is 14.6. The Bertz CT molecular complexity index is 358. The van der Waals surface area contributed by atoms with E-state index in [-0.39, 0.29) is 18.0 Å². The van der Waals surface area contributed by atoms with Crippen molar-refractivity contribution in [2.45, 2.75) is 96.9 Å². The van der Waals surface area contributed by atoms with Crippen molar-refractivity contribution in [3.8, 4) is 0 Å². The molecule has 0 saturated heterocycles. The maximum absolute atomic E-state index is 12.0. The van der Waals surface area contributed by atoms with Crippen molar-refractivity contribution in [3.63, 3.8) is 0 Å². The van der Waals surface area contributed by atoms with Gasteiger partial charge in [0.1, 0.15) is 6.04 Å².